The van der Waals surface area contributed by atoms with Crippen LogP contribution in [-0.4, -0.2) is 37.2 Å². The average molecular weight is 1170 g/mol. The third kappa shape index (κ3) is 71.1. The first-order valence-electron chi connectivity index (χ1n) is 38.5. The van der Waals surface area contributed by atoms with Gasteiger partial charge in [0, 0.05) is 19.3 Å². The van der Waals surface area contributed by atoms with E-state index in [0.717, 1.165) is 57.8 Å². The van der Waals surface area contributed by atoms with E-state index in [9.17, 15) is 14.4 Å². The maximum Gasteiger partial charge on any atom is 0.306 e. The maximum atomic E-state index is 12.9. The Balaban J connectivity index is 4.08. The molecule has 6 heteroatoms. The van der Waals surface area contributed by atoms with Gasteiger partial charge in [0.1, 0.15) is 13.2 Å². The van der Waals surface area contributed by atoms with Gasteiger partial charge in [0.2, 0.25) is 0 Å². The van der Waals surface area contributed by atoms with Crippen molar-refractivity contribution in [2.75, 3.05) is 13.2 Å². The second-order valence-electron chi connectivity index (χ2n) is 26.6. The Labute approximate surface area is 520 Å². The molecule has 0 saturated heterocycles. The smallest absolute Gasteiger partial charge is 0.306 e. The van der Waals surface area contributed by atoms with Crippen molar-refractivity contribution in [3.63, 3.8) is 0 Å². The van der Waals surface area contributed by atoms with Gasteiger partial charge in [0.25, 0.3) is 0 Å². The van der Waals surface area contributed by atoms with Gasteiger partial charge in [-0.1, -0.05) is 419 Å². The van der Waals surface area contributed by atoms with Gasteiger partial charge in [-0.15, -0.1) is 0 Å². The third-order valence-electron chi connectivity index (χ3n) is 18.1. The first-order valence-corrected chi connectivity index (χ1v) is 38.5. The molecule has 0 aromatic heterocycles. The van der Waals surface area contributed by atoms with Gasteiger partial charge in [0.15, 0.2) is 6.10 Å². The topological polar surface area (TPSA) is 78.9 Å². The van der Waals surface area contributed by atoms with E-state index in [1.165, 1.54) is 360 Å². The van der Waals surface area contributed by atoms with Crippen molar-refractivity contribution < 1.29 is 28.6 Å². The molecular formula is C77H150O6. The van der Waals surface area contributed by atoms with Crippen LogP contribution in [0.1, 0.15) is 457 Å². The highest BCUT2D eigenvalue weighted by Gasteiger charge is 2.20. The van der Waals surface area contributed by atoms with Crippen LogP contribution >= 0.6 is 0 Å². The van der Waals surface area contributed by atoms with Crippen LogP contribution in [0.25, 0.3) is 0 Å². The summed E-state index contributed by atoms with van der Waals surface area (Å²) in [5, 5.41) is 0. The molecule has 1 unspecified atom stereocenters. The number of esters is 3. The van der Waals surface area contributed by atoms with Gasteiger partial charge < -0.3 is 14.2 Å². The molecule has 1 atom stereocenters. The number of hydrogen-bond donors (Lipinski definition) is 0. The molecule has 0 aliphatic rings. The van der Waals surface area contributed by atoms with Crippen molar-refractivity contribution in [3.05, 3.63) is 0 Å². The molecule has 0 radical (unpaired) electrons. The molecule has 494 valence electrons. The fraction of sp³-hybridized carbons (Fsp3) is 0.961. The number of ether oxygens (including phenoxy) is 3. The summed E-state index contributed by atoms with van der Waals surface area (Å²) in [5.41, 5.74) is 0. The molecule has 0 aromatic carbocycles. The molecule has 0 rings (SSSR count). The highest BCUT2D eigenvalue weighted by molar-refractivity contribution is 5.71. The van der Waals surface area contributed by atoms with Crippen LogP contribution in [0.3, 0.4) is 0 Å². The molecule has 0 bridgehead atoms. The van der Waals surface area contributed by atoms with Gasteiger partial charge in [-0.3, -0.25) is 14.4 Å². The summed E-state index contributed by atoms with van der Waals surface area (Å²) in [6, 6.07) is 0. The molecule has 0 spiro atoms. The summed E-state index contributed by atoms with van der Waals surface area (Å²) in [6.07, 6.45) is 87.4. The van der Waals surface area contributed by atoms with Gasteiger partial charge in [0.05, 0.1) is 0 Å². The number of carbonyl (C=O) groups is 3. The van der Waals surface area contributed by atoms with Crippen molar-refractivity contribution in [2.24, 2.45) is 0 Å². The van der Waals surface area contributed by atoms with Crippen molar-refractivity contribution in [3.8, 4) is 0 Å². The van der Waals surface area contributed by atoms with Crippen LogP contribution in [0.5, 0.6) is 0 Å². The van der Waals surface area contributed by atoms with Crippen LogP contribution in [0.4, 0.5) is 0 Å². The Morgan fingerprint density at radius 3 is 0.482 bits per heavy atom. The van der Waals surface area contributed by atoms with E-state index in [0.29, 0.717) is 19.3 Å². The number of rotatable bonds is 73. The second kappa shape index (κ2) is 72.9. The molecule has 0 aromatic rings. The predicted octanol–water partition coefficient (Wildman–Crippen LogP) is 26.6. The summed E-state index contributed by atoms with van der Waals surface area (Å²) >= 11 is 0. The summed E-state index contributed by atoms with van der Waals surface area (Å²) in [7, 11) is 0. The van der Waals surface area contributed by atoms with E-state index in [-0.39, 0.29) is 31.1 Å². The summed E-state index contributed by atoms with van der Waals surface area (Å²) in [5.74, 6) is -0.817. The summed E-state index contributed by atoms with van der Waals surface area (Å²) < 4.78 is 17.0. The van der Waals surface area contributed by atoms with E-state index in [4.69, 9.17) is 14.2 Å². The van der Waals surface area contributed by atoms with E-state index in [2.05, 4.69) is 20.8 Å². The molecule has 6 nitrogen and oxygen atoms in total. The minimum atomic E-state index is -0.764. The highest BCUT2D eigenvalue weighted by atomic mass is 16.6. The lowest BCUT2D eigenvalue weighted by Crippen LogP contribution is -2.30. The molecule has 0 amide bonds. The van der Waals surface area contributed by atoms with Crippen molar-refractivity contribution in [2.45, 2.75) is 463 Å². The monoisotopic (exact) mass is 1170 g/mol. The Morgan fingerprint density at radius 1 is 0.193 bits per heavy atom. The van der Waals surface area contributed by atoms with Gasteiger partial charge in [-0.25, -0.2) is 0 Å². The molecule has 0 aliphatic carbocycles. The zero-order chi connectivity index (χ0) is 59.9. The number of carbonyl (C=O) groups excluding carboxylic acids is 3. The molecule has 0 aliphatic heterocycles. The van der Waals surface area contributed by atoms with Crippen LogP contribution in [0, 0.1) is 0 Å². The maximum absolute atomic E-state index is 12.9. The molecule has 83 heavy (non-hydrogen) atoms. The quantitative estimate of drug-likeness (QED) is 0.0343. The molecule has 0 heterocycles. The van der Waals surface area contributed by atoms with Crippen molar-refractivity contribution in [1.29, 1.82) is 0 Å². The zero-order valence-electron chi connectivity index (χ0n) is 57.0. The van der Waals surface area contributed by atoms with Gasteiger partial charge in [-0.05, 0) is 19.3 Å². The van der Waals surface area contributed by atoms with Crippen LogP contribution in [0.15, 0.2) is 0 Å². The van der Waals surface area contributed by atoms with E-state index < -0.39 is 6.10 Å². The fourth-order valence-electron chi connectivity index (χ4n) is 12.3. The Kier molecular flexibility index (Phi) is 71.5. The second-order valence-corrected chi connectivity index (χ2v) is 26.6. The first kappa shape index (κ1) is 81.4. The Bertz CT molecular complexity index is 1250. The van der Waals surface area contributed by atoms with Gasteiger partial charge >= 0.3 is 17.9 Å². The minimum Gasteiger partial charge on any atom is -0.462 e. The molecule has 0 fully saturated rings. The lowest BCUT2D eigenvalue weighted by molar-refractivity contribution is -0.167. The molecule has 0 N–H and O–H groups in total. The predicted molar refractivity (Wildman–Crippen MR) is 363 cm³/mol. The Hall–Kier alpha value is -1.59. The van der Waals surface area contributed by atoms with E-state index >= 15 is 0 Å². The molecule has 0 saturated carbocycles. The van der Waals surface area contributed by atoms with E-state index in [1.54, 1.807) is 0 Å². The fourth-order valence-corrected chi connectivity index (χ4v) is 12.3. The minimum absolute atomic E-state index is 0.0600. The highest BCUT2D eigenvalue weighted by Crippen LogP contribution is 2.20. The average Bonchev–Trinajstić information content (AvgIpc) is 3.49. The Morgan fingerprint density at radius 2 is 0.325 bits per heavy atom. The number of unbranched alkanes of at least 4 members (excludes halogenated alkanes) is 62. The van der Waals surface area contributed by atoms with Crippen molar-refractivity contribution in [1.82, 2.24) is 0 Å². The lowest BCUT2D eigenvalue weighted by atomic mass is 10.0. The standard InChI is InChI=1S/C77H150O6/c1-4-7-10-13-16-19-22-25-28-31-32-33-34-35-36-37-38-39-40-41-42-43-44-45-46-47-50-52-55-58-61-64-67-70-76(79)82-73-74(83-77(80)71-68-65-62-59-56-53-49-30-27-24-21-18-15-12-9-6-3)72-81-75(78)69-66-63-60-57-54-51-48-29-26-23-20-17-14-11-8-5-2/h74H,4-73H2,1-3H3. The summed E-state index contributed by atoms with van der Waals surface area (Å²) in [4.78, 5) is 38.5. The van der Waals surface area contributed by atoms with Crippen LogP contribution < -0.4 is 0 Å². The van der Waals surface area contributed by atoms with E-state index in [1.807, 2.05) is 0 Å². The largest absolute Gasteiger partial charge is 0.462 e. The SMILES string of the molecule is CCCCCCCCCCCCCCCCCCCCCCCCCCCCCCCCCCCC(=O)OCC(COC(=O)CCCCCCCCCCCCCCCCCC)OC(=O)CCCCCCCCCCCCCCCCCC. The lowest BCUT2D eigenvalue weighted by Gasteiger charge is -2.18. The van der Waals surface area contributed by atoms with Crippen LogP contribution in [-0.2, 0) is 28.6 Å². The van der Waals surface area contributed by atoms with Gasteiger partial charge in [-0.2, -0.15) is 0 Å². The van der Waals surface area contributed by atoms with Crippen LogP contribution in [0.2, 0.25) is 0 Å². The third-order valence-corrected chi connectivity index (χ3v) is 18.1. The zero-order valence-corrected chi connectivity index (χ0v) is 57.0. The van der Waals surface area contributed by atoms with Crippen molar-refractivity contribution >= 4 is 17.9 Å². The summed E-state index contributed by atoms with van der Waals surface area (Å²) in [6.45, 7) is 6.75. The number of hydrogen-bond acceptors (Lipinski definition) is 6. The first-order chi connectivity index (χ1) is 41.0. The normalized spacial score (nSPS) is 11.9. The molecular weight excluding hydrogens is 1020 g/mol.